The highest BCUT2D eigenvalue weighted by Gasteiger charge is 2.12. The van der Waals surface area contributed by atoms with Gasteiger partial charge in [-0.3, -0.25) is 0 Å². The third-order valence-electron chi connectivity index (χ3n) is 3.15. The van der Waals surface area contributed by atoms with Crippen molar-refractivity contribution in [3.8, 4) is 11.5 Å². The number of nitrogens with one attached hydrogen (secondary N) is 1. The van der Waals surface area contributed by atoms with Crippen LogP contribution in [0.3, 0.4) is 0 Å². The maximum atomic E-state index is 6.21. The van der Waals surface area contributed by atoms with Crippen molar-refractivity contribution >= 4 is 17.3 Å². The number of ether oxygens (including phenoxy) is 2. The molecule has 2 aromatic carbocycles. The SMILES string of the molecule is COc1ccc(Cl)c(NC(C)c2ccccc2OC)c1. The summed E-state index contributed by atoms with van der Waals surface area (Å²) in [7, 11) is 3.31. The molecule has 0 aliphatic heterocycles. The number of hydrogen-bond donors (Lipinski definition) is 1. The van der Waals surface area contributed by atoms with Crippen LogP contribution in [-0.2, 0) is 0 Å². The summed E-state index contributed by atoms with van der Waals surface area (Å²) in [6.07, 6.45) is 0. The van der Waals surface area contributed by atoms with Crippen LogP contribution in [0.2, 0.25) is 5.02 Å². The summed E-state index contributed by atoms with van der Waals surface area (Å²) in [4.78, 5) is 0. The molecule has 1 unspecified atom stereocenters. The molecule has 0 fully saturated rings. The average Bonchev–Trinajstić information content (AvgIpc) is 2.49. The smallest absolute Gasteiger partial charge is 0.124 e. The van der Waals surface area contributed by atoms with Crippen molar-refractivity contribution in [3.05, 3.63) is 53.1 Å². The minimum absolute atomic E-state index is 0.0655. The van der Waals surface area contributed by atoms with E-state index in [4.69, 9.17) is 21.1 Å². The molecule has 0 bridgehead atoms. The van der Waals surface area contributed by atoms with Crippen LogP contribution in [0.4, 0.5) is 5.69 Å². The van der Waals surface area contributed by atoms with Gasteiger partial charge in [0.15, 0.2) is 0 Å². The van der Waals surface area contributed by atoms with Crippen molar-refractivity contribution in [1.82, 2.24) is 0 Å². The van der Waals surface area contributed by atoms with Gasteiger partial charge in [-0.25, -0.2) is 0 Å². The average molecular weight is 292 g/mol. The third-order valence-corrected chi connectivity index (χ3v) is 3.48. The fourth-order valence-corrected chi connectivity index (χ4v) is 2.25. The van der Waals surface area contributed by atoms with Gasteiger partial charge in [-0.15, -0.1) is 0 Å². The summed E-state index contributed by atoms with van der Waals surface area (Å²) >= 11 is 6.21. The number of hydrogen-bond acceptors (Lipinski definition) is 3. The summed E-state index contributed by atoms with van der Waals surface area (Å²) in [6.45, 7) is 2.06. The molecular weight excluding hydrogens is 274 g/mol. The maximum Gasteiger partial charge on any atom is 0.124 e. The Morgan fingerprint density at radius 3 is 2.50 bits per heavy atom. The van der Waals surface area contributed by atoms with Crippen LogP contribution in [0.25, 0.3) is 0 Å². The Balaban J connectivity index is 2.25. The van der Waals surface area contributed by atoms with Crippen LogP contribution in [0.1, 0.15) is 18.5 Å². The topological polar surface area (TPSA) is 30.5 Å². The number of methoxy groups -OCH3 is 2. The highest BCUT2D eigenvalue weighted by Crippen LogP contribution is 2.32. The number of anilines is 1. The summed E-state index contributed by atoms with van der Waals surface area (Å²) in [5, 5.41) is 4.04. The monoisotopic (exact) mass is 291 g/mol. The van der Waals surface area contributed by atoms with E-state index < -0.39 is 0 Å². The Kier molecular flexibility index (Phi) is 4.74. The van der Waals surface area contributed by atoms with Crippen molar-refractivity contribution in [3.63, 3.8) is 0 Å². The second-order valence-corrected chi connectivity index (χ2v) is 4.86. The number of rotatable bonds is 5. The van der Waals surface area contributed by atoms with Crippen LogP contribution in [0.15, 0.2) is 42.5 Å². The molecule has 1 atom stereocenters. The van der Waals surface area contributed by atoms with Gasteiger partial charge in [0.1, 0.15) is 11.5 Å². The van der Waals surface area contributed by atoms with E-state index in [2.05, 4.69) is 12.2 Å². The number of halogens is 1. The molecule has 0 amide bonds. The van der Waals surface area contributed by atoms with Gasteiger partial charge in [-0.2, -0.15) is 0 Å². The van der Waals surface area contributed by atoms with Crippen LogP contribution >= 0.6 is 11.6 Å². The zero-order valence-corrected chi connectivity index (χ0v) is 12.6. The van der Waals surface area contributed by atoms with E-state index in [0.717, 1.165) is 22.7 Å². The van der Waals surface area contributed by atoms with Gasteiger partial charge in [0, 0.05) is 11.6 Å². The van der Waals surface area contributed by atoms with Crippen LogP contribution in [-0.4, -0.2) is 14.2 Å². The molecule has 0 heterocycles. The predicted molar refractivity (Wildman–Crippen MR) is 83.0 cm³/mol. The molecule has 2 rings (SSSR count). The van der Waals surface area contributed by atoms with Crippen molar-refractivity contribution in [2.75, 3.05) is 19.5 Å². The first kappa shape index (κ1) is 14.5. The van der Waals surface area contributed by atoms with Crippen LogP contribution in [0.5, 0.6) is 11.5 Å². The zero-order valence-electron chi connectivity index (χ0n) is 11.8. The highest BCUT2D eigenvalue weighted by atomic mass is 35.5. The van der Waals surface area contributed by atoms with Crippen molar-refractivity contribution < 1.29 is 9.47 Å². The Bertz CT molecular complexity index is 586. The van der Waals surface area contributed by atoms with E-state index in [0.29, 0.717) is 5.02 Å². The van der Waals surface area contributed by atoms with E-state index >= 15 is 0 Å². The maximum absolute atomic E-state index is 6.21. The summed E-state index contributed by atoms with van der Waals surface area (Å²) < 4.78 is 10.6. The number of para-hydroxylation sites is 1. The normalized spacial score (nSPS) is 11.8. The second kappa shape index (κ2) is 6.53. The van der Waals surface area contributed by atoms with Gasteiger partial charge >= 0.3 is 0 Å². The van der Waals surface area contributed by atoms with Gasteiger partial charge < -0.3 is 14.8 Å². The summed E-state index contributed by atoms with van der Waals surface area (Å²) in [5.74, 6) is 1.62. The molecule has 0 aromatic heterocycles. The summed E-state index contributed by atoms with van der Waals surface area (Å²) in [6, 6.07) is 13.5. The molecule has 0 saturated heterocycles. The van der Waals surface area contributed by atoms with E-state index in [1.165, 1.54) is 0 Å². The minimum Gasteiger partial charge on any atom is -0.497 e. The Morgan fingerprint density at radius 2 is 1.80 bits per heavy atom. The van der Waals surface area contributed by atoms with E-state index in [9.17, 15) is 0 Å². The molecule has 0 saturated carbocycles. The second-order valence-electron chi connectivity index (χ2n) is 4.45. The first-order valence-corrected chi connectivity index (χ1v) is 6.76. The van der Waals surface area contributed by atoms with Gasteiger partial charge in [-0.05, 0) is 25.1 Å². The Morgan fingerprint density at radius 1 is 1.05 bits per heavy atom. The number of benzene rings is 2. The minimum atomic E-state index is 0.0655. The van der Waals surface area contributed by atoms with E-state index in [1.54, 1.807) is 14.2 Å². The van der Waals surface area contributed by atoms with E-state index in [-0.39, 0.29) is 6.04 Å². The van der Waals surface area contributed by atoms with Gasteiger partial charge in [0.05, 0.1) is 31.0 Å². The molecule has 106 valence electrons. The van der Waals surface area contributed by atoms with Gasteiger partial charge in [-0.1, -0.05) is 29.8 Å². The van der Waals surface area contributed by atoms with Crippen LogP contribution in [0, 0.1) is 0 Å². The standard InChI is InChI=1S/C16H18ClNO2/c1-11(13-6-4-5-7-16(13)20-3)18-15-10-12(19-2)8-9-14(15)17/h4-11,18H,1-3H3. The highest BCUT2D eigenvalue weighted by molar-refractivity contribution is 6.33. The fourth-order valence-electron chi connectivity index (χ4n) is 2.08. The molecule has 0 spiro atoms. The Labute approximate surface area is 124 Å². The molecule has 2 aromatic rings. The third kappa shape index (κ3) is 3.17. The molecule has 1 N–H and O–H groups in total. The zero-order chi connectivity index (χ0) is 14.5. The van der Waals surface area contributed by atoms with Gasteiger partial charge in [0.2, 0.25) is 0 Å². The van der Waals surface area contributed by atoms with Gasteiger partial charge in [0.25, 0.3) is 0 Å². The largest absolute Gasteiger partial charge is 0.497 e. The molecule has 0 radical (unpaired) electrons. The molecule has 0 aliphatic rings. The lowest BCUT2D eigenvalue weighted by molar-refractivity contribution is 0.408. The summed E-state index contributed by atoms with van der Waals surface area (Å²) in [5.41, 5.74) is 1.92. The first-order chi connectivity index (χ1) is 9.65. The first-order valence-electron chi connectivity index (χ1n) is 6.38. The van der Waals surface area contributed by atoms with Crippen molar-refractivity contribution in [2.45, 2.75) is 13.0 Å². The van der Waals surface area contributed by atoms with E-state index in [1.807, 2.05) is 42.5 Å². The lowest BCUT2D eigenvalue weighted by Gasteiger charge is -2.19. The fraction of sp³-hybridized carbons (Fsp3) is 0.250. The van der Waals surface area contributed by atoms with Crippen molar-refractivity contribution in [1.29, 1.82) is 0 Å². The lowest BCUT2D eigenvalue weighted by Crippen LogP contribution is -2.08. The quantitative estimate of drug-likeness (QED) is 0.878. The predicted octanol–water partition coefficient (Wildman–Crippen LogP) is 4.53. The molecule has 3 nitrogen and oxygen atoms in total. The Hall–Kier alpha value is -1.87. The molecular formula is C16H18ClNO2. The van der Waals surface area contributed by atoms with Crippen molar-refractivity contribution in [2.24, 2.45) is 0 Å². The molecule has 20 heavy (non-hydrogen) atoms. The molecule has 4 heteroatoms. The van der Waals surface area contributed by atoms with Crippen LogP contribution < -0.4 is 14.8 Å². The lowest BCUT2D eigenvalue weighted by atomic mass is 10.1. The molecule has 0 aliphatic carbocycles.